The highest BCUT2D eigenvalue weighted by Gasteiger charge is 2.33. The van der Waals surface area contributed by atoms with Crippen molar-refractivity contribution in [1.29, 1.82) is 0 Å². The van der Waals surface area contributed by atoms with E-state index in [1.165, 1.54) is 23.4 Å². The van der Waals surface area contributed by atoms with Gasteiger partial charge in [0.15, 0.2) is 5.16 Å². The minimum Gasteiger partial charge on any atom is -0.324 e. The molecule has 4 aromatic rings. The summed E-state index contributed by atoms with van der Waals surface area (Å²) in [6.45, 7) is 7.93. The number of rotatable bonds is 7. The maximum atomic E-state index is 13.1. The molecule has 0 aliphatic carbocycles. The highest BCUT2D eigenvalue weighted by atomic mass is 35.5. The van der Waals surface area contributed by atoms with E-state index in [1.807, 2.05) is 19.1 Å². The summed E-state index contributed by atoms with van der Waals surface area (Å²) in [5, 5.41) is 8.27. The van der Waals surface area contributed by atoms with Crippen LogP contribution in [0.1, 0.15) is 42.3 Å². The van der Waals surface area contributed by atoms with Crippen molar-refractivity contribution in [1.82, 2.24) is 15.0 Å². The van der Waals surface area contributed by atoms with E-state index in [2.05, 4.69) is 56.9 Å². The molecule has 7 nitrogen and oxygen atoms in total. The average Bonchev–Trinajstić information content (AvgIpc) is 2.86. The molecule has 0 unspecified atom stereocenters. The standard InChI is InChI=1S/C28H26ClF3N6OS/c1-15(2)18-6-10-21(11-7-18)40-27-34-17(4)33-25(38-27)37-24-14-20(8-5-16(24)3)36-26(39)35-19-9-12-23(29)22(13-19)28(30,31)32/h5-15H,1-4H3,(H2,35,36,39)(H,33,34,37,38). The van der Waals surface area contributed by atoms with Gasteiger partial charge in [0, 0.05) is 22.0 Å². The van der Waals surface area contributed by atoms with Crippen molar-refractivity contribution in [3.63, 3.8) is 0 Å². The lowest BCUT2D eigenvalue weighted by molar-refractivity contribution is -0.137. The SMILES string of the molecule is Cc1nc(Nc2cc(NC(=O)Nc3ccc(Cl)c(C(F)(F)F)c3)ccc2C)nc(Sc2ccc(C(C)C)cc2)n1. The van der Waals surface area contributed by atoms with Crippen molar-refractivity contribution >= 4 is 52.4 Å². The molecule has 0 bridgehead atoms. The Balaban J connectivity index is 1.47. The maximum Gasteiger partial charge on any atom is 0.417 e. The fourth-order valence-corrected chi connectivity index (χ4v) is 4.67. The van der Waals surface area contributed by atoms with Crippen molar-refractivity contribution < 1.29 is 18.0 Å². The van der Waals surface area contributed by atoms with Crippen LogP contribution in [0.4, 0.5) is 41.0 Å². The van der Waals surface area contributed by atoms with Crippen LogP contribution in [0.2, 0.25) is 5.02 Å². The topological polar surface area (TPSA) is 91.8 Å². The lowest BCUT2D eigenvalue weighted by atomic mass is 10.0. The molecule has 0 atom stereocenters. The van der Waals surface area contributed by atoms with Crippen LogP contribution in [-0.2, 0) is 6.18 Å². The van der Waals surface area contributed by atoms with Crippen molar-refractivity contribution in [2.45, 2.75) is 49.8 Å². The van der Waals surface area contributed by atoms with E-state index in [-0.39, 0.29) is 5.69 Å². The molecule has 4 rings (SSSR count). The first kappa shape index (κ1) is 29.2. The Morgan fingerprint density at radius 1 is 0.900 bits per heavy atom. The van der Waals surface area contributed by atoms with Gasteiger partial charge in [-0.15, -0.1) is 0 Å². The van der Waals surface area contributed by atoms with Gasteiger partial charge in [0.25, 0.3) is 0 Å². The van der Waals surface area contributed by atoms with Crippen LogP contribution in [0, 0.1) is 13.8 Å². The average molecular weight is 587 g/mol. The van der Waals surface area contributed by atoms with Gasteiger partial charge < -0.3 is 16.0 Å². The normalized spacial score (nSPS) is 11.4. The van der Waals surface area contributed by atoms with Gasteiger partial charge in [-0.1, -0.05) is 43.6 Å². The first-order valence-electron chi connectivity index (χ1n) is 12.2. The van der Waals surface area contributed by atoms with Gasteiger partial charge in [-0.2, -0.15) is 23.1 Å². The van der Waals surface area contributed by atoms with Gasteiger partial charge in [0.05, 0.1) is 10.6 Å². The zero-order valence-electron chi connectivity index (χ0n) is 22.0. The number of benzene rings is 3. The number of urea groups is 1. The minimum atomic E-state index is -4.65. The Kier molecular flexibility index (Phi) is 8.85. The monoisotopic (exact) mass is 586 g/mol. The van der Waals surface area contributed by atoms with Gasteiger partial charge in [-0.3, -0.25) is 0 Å². The van der Waals surface area contributed by atoms with E-state index in [1.54, 1.807) is 25.1 Å². The zero-order valence-corrected chi connectivity index (χ0v) is 23.6. The number of aromatic nitrogens is 3. The van der Waals surface area contributed by atoms with Gasteiger partial charge in [-0.05, 0) is 85.1 Å². The third-order valence-corrected chi connectivity index (χ3v) is 6.96. The Hall–Kier alpha value is -3.83. The van der Waals surface area contributed by atoms with Crippen molar-refractivity contribution in [2.75, 3.05) is 16.0 Å². The number of hydrogen-bond donors (Lipinski definition) is 3. The van der Waals surface area contributed by atoms with Crippen LogP contribution in [0.25, 0.3) is 0 Å². The Morgan fingerprint density at radius 3 is 2.20 bits per heavy atom. The largest absolute Gasteiger partial charge is 0.417 e. The highest BCUT2D eigenvalue weighted by Crippen LogP contribution is 2.36. The molecule has 0 saturated carbocycles. The molecule has 0 saturated heterocycles. The van der Waals surface area contributed by atoms with Crippen molar-refractivity contribution in [3.05, 3.63) is 88.2 Å². The van der Waals surface area contributed by atoms with Crippen LogP contribution < -0.4 is 16.0 Å². The molecule has 2 amide bonds. The van der Waals surface area contributed by atoms with Crippen LogP contribution in [-0.4, -0.2) is 21.0 Å². The first-order chi connectivity index (χ1) is 18.9. The summed E-state index contributed by atoms with van der Waals surface area (Å²) in [5.74, 6) is 1.30. The lowest BCUT2D eigenvalue weighted by Gasteiger charge is -2.14. The molecule has 0 spiro atoms. The predicted octanol–water partition coefficient (Wildman–Crippen LogP) is 8.82. The van der Waals surface area contributed by atoms with Crippen LogP contribution in [0.3, 0.4) is 0 Å². The summed E-state index contributed by atoms with van der Waals surface area (Å²) in [7, 11) is 0. The second kappa shape index (κ2) is 12.1. The van der Waals surface area contributed by atoms with E-state index in [0.717, 1.165) is 22.6 Å². The zero-order chi connectivity index (χ0) is 29.0. The molecule has 0 aliphatic heterocycles. The summed E-state index contributed by atoms with van der Waals surface area (Å²) in [6, 6.07) is 15.8. The van der Waals surface area contributed by atoms with E-state index < -0.39 is 22.8 Å². The number of alkyl halides is 3. The highest BCUT2D eigenvalue weighted by molar-refractivity contribution is 7.99. The Bertz CT molecular complexity index is 1530. The number of hydrogen-bond acceptors (Lipinski definition) is 6. The fraction of sp³-hybridized carbons (Fsp3) is 0.214. The number of amides is 2. The van der Waals surface area contributed by atoms with Gasteiger partial charge in [-0.25, -0.2) is 9.78 Å². The van der Waals surface area contributed by atoms with Crippen LogP contribution >= 0.6 is 23.4 Å². The molecule has 1 aromatic heterocycles. The number of anilines is 4. The molecular weight excluding hydrogens is 561 g/mol. The summed E-state index contributed by atoms with van der Waals surface area (Å²) in [4.78, 5) is 26.9. The smallest absolute Gasteiger partial charge is 0.324 e. The van der Waals surface area contributed by atoms with E-state index >= 15 is 0 Å². The predicted molar refractivity (Wildman–Crippen MR) is 153 cm³/mol. The quantitative estimate of drug-likeness (QED) is 0.200. The maximum absolute atomic E-state index is 13.1. The van der Waals surface area contributed by atoms with E-state index in [9.17, 15) is 18.0 Å². The minimum absolute atomic E-state index is 0.0516. The van der Waals surface area contributed by atoms with E-state index in [0.29, 0.717) is 34.2 Å². The lowest BCUT2D eigenvalue weighted by Crippen LogP contribution is -2.20. The number of aryl methyl sites for hydroxylation is 2. The molecule has 0 radical (unpaired) electrons. The number of nitrogens with zero attached hydrogens (tertiary/aromatic N) is 3. The molecule has 3 aromatic carbocycles. The molecule has 3 N–H and O–H groups in total. The molecule has 0 aliphatic rings. The van der Waals surface area contributed by atoms with Gasteiger partial charge in [0.2, 0.25) is 5.95 Å². The van der Waals surface area contributed by atoms with Crippen LogP contribution in [0.5, 0.6) is 0 Å². The molecule has 12 heteroatoms. The number of carbonyl (C=O) groups is 1. The number of halogens is 4. The fourth-order valence-electron chi connectivity index (χ4n) is 3.65. The third-order valence-electron chi connectivity index (χ3n) is 5.75. The number of carbonyl (C=O) groups excluding carboxylic acids is 1. The molecule has 0 fully saturated rings. The second-order valence-corrected chi connectivity index (χ2v) is 10.7. The summed E-state index contributed by atoms with van der Waals surface area (Å²) >= 11 is 7.07. The summed E-state index contributed by atoms with van der Waals surface area (Å²) in [6.07, 6.45) is -4.65. The third kappa shape index (κ3) is 7.64. The Labute approximate surface area is 239 Å². The summed E-state index contributed by atoms with van der Waals surface area (Å²) in [5.41, 5.74) is 2.05. The first-order valence-corrected chi connectivity index (χ1v) is 13.4. The van der Waals surface area contributed by atoms with Gasteiger partial charge >= 0.3 is 12.2 Å². The Morgan fingerprint density at radius 2 is 1.55 bits per heavy atom. The number of nitrogens with one attached hydrogen (secondary N) is 3. The molecule has 1 heterocycles. The van der Waals surface area contributed by atoms with Crippen LogP contribution in [0.15, 0.2) is 70.7 Å². The van der Waals surface area contributed by atoms with Crippen molar-refractivity contribution in [2.24, 2.45) is 0 Å². The van der Waals surface area contributed by atoms with Gasteiger partial charge in [0.1, 0.15) is 5.82 Å². The molecule has 208 valence electrons. The molecule has 40 heavy (non-hydrogen) atoms. The summed E-state index contributed by atoms with van der Waals surface area (Å²) < 4.78 is 39.4. The second-order valence-electron chi connectivity index (χ2n) is 9.24. The molecular formula is C28H26ClF3N6OS. The van der Waals surface area contributed by atoms with E-state index in [4.69, 9.17) is 11.6 Å². The van der Waals surface area contributed by atoms with Crippen molar-refractivity contribution in [3.8, 4) is 0 Å².